The number of carbonyl (C=O) groups excluding carboxylic acids is 1. The molecule has 2 aromatic rings. The summed E-state index contributed by atoms with van der Waals surface area (Å²) in [5.41, 5.74) is 3.25. The molecule has 1 N–H and O–H groups in total. The van der Waals surface area contributed by atoms with Crippen molar-refractivity contribution in [3.63, 3.8) is 0 Å². The zero-order chi connectivity index (χ0) is 20.3. The van der Waals surface area contributed by atoms with Crippen LogP contribution in [0.2, 0.25) is 0 Å². The molecule has 142 valence electrons. The molecule has 0 saturated carbocycles. The van der Waals surface area contributed by atoms with Gasteiger partial charge in [0, 0.05) is 15.5 Å². The average molecular weight is 477 g/mol. The van der Waals surface area contributed by atoms with Crippen LogP contribution in [0, 0.1) is 21.8 Å². The first-order chi connectivity index (χ1) is 12.7. The van der Waals surface area contributed by atoms with E-state index in [2.05, 4.69) is 55.6 Å². The molecule has 0 aliphatic heterocycles. The molecule has 0 atom stereocenters. The van der Waals surface area contributed by atoms with Crippen molar-refractivity contribution in [1.82, 2.24) is 4.57 Å². The maximum absolute atomic E-state index is 12.7. The van der Waals surface area contributed by atoms with E-state index >= 15 is 0 Å². The molecule has 5 nitrogen and oxygen atoms in total. The second kappa shape index (κ2) is 8.70. The fourth-order valence-electron chi connectivity index (χ4n) is 2.99. The number of rotatable bonds is 5. The van der Waals surface area contributed by atoms with Crippen LogP contribution >= 0.6 is 22.6 Å². The molecule has 0 radical (unpaired) electrons. The topological polar surface area (TPSA) is 74.9 Å². The van der Waals surface area contributed by atoms with E-state index in [1.807, 2.05) is 24.3 Å². The fourth-order valence-corrected chi connectivity index (χ4v) is 3.60. The average Bonchev–Trinajstić information content (AvgIpc) is 2.59. The number of pyridine rings is 1. The molecule has 6 heteroatoms. The van der Waals surface area contributed by atoms with Crippen molar-refractivity contribution in [2.45, 2.75) is 53.0 Å². The number of aromatic nitrogens is 1. The van der Waals surface area contributed by atoms with Crippen LogP contribution in [0.15, 0.2) is 29.2 Å². The SMILES string of the molecule is Cc1c(I)cn(CC(=O)Nc2c(C(C)C)cccc2C(C)C)c(=O)c1C#N. The highest BCUT2D eigenvalue weighted by Gasteiger charge is 2.18. The van der Waals surface area contributed by atoms with Gasteiger partial charge in [0.1, 0.15) is 18.2 Å². The Kier molecular flexibility index (Phi) is 6.82. The minimum atomic E-state index is -0.438. The van der Waals surface area contributed by atoms with Crippen LogP contribution < -0.4 is 10.9 Å². The van der Waals surface area contributed by atoms with Crippen molar-refractivity contribution in [1.29, 1.82) is 5.26 Å². The second-order valence-corrected chi connectivity index (χ2v) is 8.35. The smallest absolute Gasteiger partial charge is 0.269 e. The summed E-state index contributed by atoms with van der Waals surface area (Å²) in [5, 5.41) is 12.3. The van der Waals surface area contributed by atoms with Gasteiger partial charge in [-0.15, -0.1) is 0 Å². The number of nitriles is 1. The Balaban J connectivity index is 2.40. The van der Waals surface area contributed by atoms with Gasteiger partial charge >= 0.3 is 0 Å². The van der Waals surface area contributed by atoms with Gasteiger partial charge < -0.3 is 9.88 Å². The molecule has 1 heterocycles. The van der Waals surface area contributed by atoms with Crippen LogP contribution in [0.25, 0.3) is 0 Å². The van der Waals surface area contributed by atoms with Gasteiger partial charge in [-0.05, 0) is 58.0 Å². The minimum absolute atomic E-state index is 0.0835. The van der Waals surface area contributed by atoms with E-state index in [0.29, 0.717) is 5.56 Å². The Hall–Kier alpha value is -2.14. The van der Waals surface area contributed by atoms with Crippen molar-refractivity contribution < 1.29 is 4.79 Å². The number of nitrogens with one attached hydrogen (secondary N) is 1. The van der Waals surface area contributed by atoms with Gasteiger partial charge in [-0.2, -0.15) is 5.26 Å². The number of amides is 1. The van der Waals surface area contributed by atoms with Gasteiger partial charge in [-0.25, -0.2) is 0 Å². The quantitative estimate of drug-likeness (QED) is 0.644. The third kappa shape index (κ3) is 4.59. The summed E-state index contributed by atoms with van der Waals surface area (Å²) in [6.45, 7) is 9.94. The number of hydrogen-bond donors (Lipinski definition) is 1. The number of halogens is 1. The van der Waals surface area contributed by atoms with Gasteiger partial charge in [0.15, 0.2) is 0 Å². The lowest BCUT2D eigenvalue weighted by molar-refractivity contribution is -0.116. The largest absolute Gasteiger partial charge is 0.324 e. The molecule has 0 saturated heterocycles. The molecular formula is C21H24IN3O2. The molecule has 0 unspecified atom stereocenters. The van der Waals surface area contributed by atoms with Crippen molar-refractivity contribution >= 4 is 34.2 Å². The lowest BCUT2D eigenvalue weighted by atomic mass is 9.92. The van der Waals surface area contributed by atoms with E-state index in [0.717, 1.165) is 20.4 Å². The Bertz CT molecular complexity index is 942. The first-order valence-electron chi connectivity index (χ1n) is 8.89. The van der Waals surface area contributed by atoms with Gasteiger partial charge in [-0.3, -0.25) is 9.59 Å². The normalized spacial score (nSPS) is 10.9. The highest BCUT2D eigenvalue weighted by Crippen LogP contribution is 2.32. The molecule has 1 aromatic heterocycles. The van der Waals surface area contributed by atoms with E-state index in [1.54, 1.807) is 13.1 Å². The van der Waals surface area contributed by atoms with E-state index in [-0.39, 0.29) is 29.9 Å². The molecule has 27 heavy (non-hydrogen) atoms. The lowest BCUT2D eigenvalue weighted by Gasteiger charge is -2.20. The molecule has 0 spiro atoms. The van der Waals surface area contributed by atoms with E-state index in [1.165, 1.54) is 4.57 Å². The first kappa shape index (κ1) is 21.2. The van der Waals surface area contributed by atoms with Crippen LogP contribution in [0.3, 0.4) is 0 Å². The summed E-state index contributed by atoms with van der Waals surface area (Å²) in [6.07, 6.45) is 1.62. The summed E-state index contributed by atoms with van der Waals surface area (Å²) in [7, 11) is 0. The number of nitrogens with zero attached hydrogens (tertiary/aromatic N) is 2. The Morgan fingerprint density at radius 2 is 1.78 bits per heavy atom. The van der Waals surface area contributed by atoms with Crippen molar-refractivity contribution in [3.05, 3.63) is 60.6 Å². The van der Waals surface area contributed by atoms with Crippen molar-refractivity contribution in [3.8, 4) is 6.07 Å². The third-order valence-electron chi connectivity index (χ3n) is 4.54. The summed E-state index contributed by atoms with van der Waals surface area (Å²) in [4.78, 5) is 25.2. The minimum Gasteiger partial charge on any atom is -0.324 e. The Morgan fingerprint density at radius 1 is 1.22 bits per heavy atom. The maximum atomic E-state index is 12.7. The van der Waals surface area contributed by atoms with Crippen molar-refractivity contribution in [2.24, 2.45) is 0 Å². The van der Waals surface area contributed by atoms with Crippen molar-refractivity contribution in [2.75, 3.05) is 5.32 Å². The van der Waals surface area contributed by atoms with Gasteiger partial charge in [0.2, 0.25) is 5.91 Å². The number of carbonyl (C=O) groups is 1. The lowest BCUT2D eigenvalue weighted by Crippen LogP contribution is -2.30. The second-order valence-electron chi connectivity index (χ2n) is 7.19. The van der Waals surface area contributed by atoms with Crippen LogP contribution in [-0.2, 0) is 11.3 Å². The van der Waals surface area contributed by atoms with Gasteiger partial charge in [0.25, 0.3) is 5.56 Å². The molecule has 0 bridgehead atoms. The molecule has 0 fully saturated rings. The molecule has 0 aliphatic rings. The summed E-state index contributed by atoms with van der Waals surface area (Å²) < 4.78 is 2.08. The van der Waals surface area contributed by atoms with E-state index in [9.17, 15) is 14.9 Å². The standard InChI is InChI=1S/C21H24IN3O2/c1-12(2)15-7-6-8-16(13(3)4)20(15)24-19(26)11-25-10-18(22)14(5)17(9-23)21(25)27/h6-8,10,12-13H,11H2,1-5H3,(H,24,26). The maximum Gasteiger partial charge on any atom is 0.269 e. The van der Waals surface area contributed by atoms with E-state index in [4.69, 9.17) is 0 Å². The Morgan fingerprint density at radius 3 is 2.26 bits per heavy atom. The molecule has 1 amide bonds. The summed E-state index contributed by atoms with van der Waals surface area (Å²) in [6, 6.07) is 7.98. The highest BCUT2D eigenvalue weighted by atomic mass is 127. The van der Waals surface area contributed by atoms with Crippen LogP contribution in [-0.4, -0.2) is 10.5 Å². The predicted molar refractivity (Wildman–Crippen MR) is 116 cm³/mol. The zero-order valence-corrected chi connectivity index (χ0v) is 18.4. The fraction of sp³-hybridized carbons (Fsp3) is 0.381. The van der Waals surface area contributed by atoms with Crippen LogP contribution in [0.5, 0.6) is 0 Å². The molecule has 0 aliphatic carbocycles. The number of anilines is 1. The summed E-state index contributed by atoms with van der Waals surface area (Å²) in [5.74, 6) is 0.232. The molecule has 1 aromatic carbocycles. The molecule has 2 rings (SSSR count). The highest BCUT2D eigenvalue weighted by molar-refractivity contribution is 14.1. The van der Waals surface area contributed by atoms with Crippen LogP contribution in [0.1, 0.15) is 61.8 Å². The zero-order valence-electron chi connectivity index (χ0n) is 16.3. The van der Waals surface area contributed by atoms with Crippen LogP contribution in [0.4, 0.5) is 5.69 Å². The number of para-hydroxylation sites is 1. The van der Waals surface area contributed by atoms with Gasteiger partial charge in [-0.1, -0.05) is 45.9 Å². The van der Waals surface area contributed by atoms with Gasteiger partial charge in [0.05, 0.1) is 0 Å². The third-order valence-corrected chi connectivity index (χ3v) is 5.63. The Labute approximate surface area is 173 Å². The monoisotopic (exact) mass is 477 g/mol. The molecular weight excluding hydrogens is 453 g/mol. The summed E-state index contributed by atoms with van der Waals surface area (Å²) >= 11 is 2.07. The number of hydrogen-bond acceptors (Lipinski definition) is 3. The number of benzene rings is 1. The predicted octanol–water partition coefficient (Wildman–Crippen LogP) is 4.52. The first-order valence-corrected chi connectivity index (χ1v) is 9.97. The van der Waals surface area contributed by atoms with E-state index < -0.39 is 5.56 Å².